The molecule has 0 spiro atoms. The summed E-state index contributed by atoms with van der Waals surface area (Å²) in [4.78, 5) is 22.7. The Kier molecular flexibility index (Phi) is 3.56. The molecule has 1 aromatic heterocycles. The summed E-state index contributed by atoms with van der Waals surface area (Å²) in [5.41, 5.74) is 2.93. The molecule has 1 amide bonds. The Morgan fingerprint density at radius 3 is 3.00 bits per heavy atom. The molecule has 1 unspecified atom stereocenters. The maximum absolute atomic E-state index is 12.7. The molecule has 0 radical (unpaired) electrons. The van der Waals surface area contributed by atoms with Crippen LogP contribution in [0.3, 0.4) is 0 Å². The van der Waals surface area contributed by atoms with E-state index in [4.69, 9.17) is 4.74 Å². The summed E-state index contributed by atoms with van der Waals surface area (Å²) in [5, 5.41) is 0. The van der Waals surface area contributed by atoms with Gasteiger partial charge in [-0.2, -0.15) is 0 Å². The molecule has 108 valence electrons. The van der Waals surface area contributed by atoms with Gasteiger partial charge in [0, 0.05) is 18.3 Å². The molecule has 21 heavy (non-hydrogen) atoms. The topological polar surface area (TPSA) is 55.3 Å². The van der Waals surface area contributed by atoms with Crippen LogP contribution >= 0.6 is 0 Å². The van der Waals surface area contributed by atoms with Crippen molar-refractivity contribution in [2.75, 3.05) is 7.11 Å². The van der Waals surface area contributed by atoms with Gasteiger partial charge in [0.1, 0.15) is 12.1 Å². The van der Waals surface area contributed by atoms with E-state index < -0.39 is 0 Å². The van der Waals surface area contributed by atoms with Crippen molar-refractivity contribution in [1.82, 2.24) is 14.9 Å². The smallest absolute Gasteiger partial charge is 0.230 e. The molecule has 2 aromatic rings. The molecule has 5 nitrogen and oxygen atoms in total. The number of rotatable bonds is 3. The van der Waals surface area contributed by atoms with E-state index in [2.05, 4.69) is 9.97 Å². The first-order chi connectivity index (χ1) is 10.2. The van der Waals surface area contributed by atoms with Crippen LogP contribution < -0.4 is 4.74 Å². The van der Waals surface area contributed by atoms with Gasteiger partial charge in [-0.3, -0.25) is 4.79 Å². The molecule has 0 aliphatic carbocycles. The zero-order valence-electron chi connectivity index (χ0n) is 12.1. The third-order valence-electron chi connectivity index (χ3n) is 3.86. The summed E-state index contributed by atoms with van der Waals surface area (Å²) in [6.45, 7) is 3.07. The quantitative estimate of drug-likeness (QED) is 0.866. The Balaban J connectivity index is 1.77. The summed E-state index contributed by atoms with van der Waals surface area (Å²) in [7, 11) is 1.63. The highest BCUT2D eigenvalue weighted by Gasteiger charge is 2.28. The maximum atomic E-state index is 12.7. The average molecular weight is 283 g/mol. The van der Waals surface area contributed by atoms with Crippen molar-refractivity contribution in [1.29, 1.82) is 0 Å². The number of carbonyl (C=O) groups excluding carboxylic acids is 1. The van der Waals surface area contributed by atoms with Crippen molar-refractivity contribution in [3.8, 4) is 5.75 Å². The van der Waals surface area contributed by atoms with E-state index in [9.17, 15) is 4.79 Å². The Morgan fingerprint density at radius 2 is 2.24 bits per heavy atom. The number of ether oxygens (including phenoxy) is 1. The lowest BCUT2D eigenvalue weighted by atomic mass is 9.99. The summed E-state index contributed by atoms with van der Waals surface area (Å²) in [5.74, 6) is 0.659. The van der Waals surface area contributed by atoms with Gasteiger partial charge >= 0.3 is 0 Å². The van der Waals surface area contributed by atoms with Gasteiger partial charge in [0.05, 0.1) is 25.3 Å². The lowest BCUT2D eigenvalue weighted by molar-refractivity contribution is -0.133. The Hall–Kier alpha value is -2.43. The van der Waals surface area contributed by atoms with Crippen LogP contribution in [-0.2, 0) is 17.9 Å². The lowest BCUT2D eigenvalue weighted by Gasteiger charge is -2.20. The van der Waals surface area contributed by atoms with Crippen LogP contribution in [0.2, 0.25) is 0 Å². The van der Waals surface area contributed by atoms with Crippen molar-refractivity contribution in [2.24, 2.45) is 0 Å². The van der Waals surface area contributed by atoms with Crippen LogP contribution in [0.15, 0.2) is 36.8 Å². The molecular weight excluding hydrogens is 266 g/mol. The summed E-state index contributed by atoms with van der Waals surface area (Å²) < 4.78 is 5.22. The normalized spacial score (nSPS) is 14.7. The molecule has 2 heterocycles. The van der Waals surface area contributed by atoms with Crippen LogP contribution in [0, 0.1) is 0 Å². The van der Waals surface area contributed by atoms with E-state index in [1.807, 2.05) is 36.1 Å². The molecule has 1 atom stereocenters. The molecule has 0 N–H and O–H groups in total. The van der Waals surface area contributed by atoms with Gasteiger partial charge in [-0.25, -0.2) is 9.97 Å². The fourth-order valence-corrected chi connectivity index (χ4v) is 2.58. The predicted molar refractivity (Wildman–Crippen MR) is 77.7 cm³/mol. The molecule has 1 aliphatic rings. The number of nitrogens with zero attached hydrogens (tertiary/aromatic N) is 3. The van der Waals surface area contributed by atoms with Gasteiger partial charge in [0.2, 0.25) is 5.91 Å². The number of benzene rings is 1. The van der Waals surface area contributed by atoms with Crippen molar-refractivity contribution >= 4 is 5.91 Å². The summed E-state index contributed by atoms with van der Waals surface area (Å²) in [6, 6.07) is 7.64. The fraction of sp³-hybridized carbons (Fsp3) is 0.312. The number of fused-ring (bicyclic) bond motifs is 1. The van der Waals surface area contributed by atoms with Gasteiger partial charge in [-0.05, 0) is 24.6 Å². The maximum Gasteiger partial charge on any atom is 0.230 e. The number of methoxy groups -OCH3 is 1. The van der Waals surface area contributed by atoms with E-state index in [-0.39, 0.29) is 11.8 Å². The minimum Gasteiger partial charge on any atom is -0.497 e. The lowest BCUT2D eigenvalue weighted by Crippen LogP contribution is -2.29. The molecular formula is C16H17N3O2. The number of carbonyl (C=O) groups is 1. The van der Waals surface area contributed by atoms with Crippen LogP contribution in [-0.4, -0.2) is 27.9 Å². The minimum absolute atomic E-state index is 0.0984. The zero-order valence-corrected chi connectivity index (χ0v) is 12.1. The fourth-order valence-electron chi connectivity index (χ4n) is 2.58. The van der Waals surface area contributed by atoms with E-state index in [1.165, 1.54) is 6.33 Å². The van der Waals surface area contributed by atoms with Crippen LogP contribution in [0.4, 0.5) is 0 Å². The van der Waals surface area contributed by atoms with Crippen LogP contribution in [0.5, 0.6) is 5.75 Å². The van der Waals surface area contributed by atoms with Crippen molar-refractivity contribution < 1.29 is 9.53 Å². The molecule has 0 saturated carbocycles. The third-order valence-corrected chi connectivity index (χ3v) is 3.86. The SMILES string of the molecule is COc1cccc(C(C)C(=O)N2Cc3cncnc3C2)c1. The van der Waals surface area contributed by atoms with Gasteiger partial charge in [0.15, 0.2) is 0 Å². The van der Waals surface area contributed by atoms with E-state index in [0.29, 0.717) is 13.1 Å². The van der Waals surface area contributed by atoms with E-state index >= 15 is 0 Å². The highest BCUT2D eigenvalue weighted by Crippen LogP contribution is 2.27. The first-order valence-corrected chi connectivity index (χ1v) is 6.89. The minimum atomic E-state index is -0.206. The van der Waals surface area contributed by atoms with Crippen molar-refractivity contribution in [2.45, 2.75) is 25.9 Å². The van der Waals surface area contributed by atoms with Crippen molar-refractivity contribution in [3.05, 3.63) is 53.6 Å². The van der Waals surface area contributed by atoms with Gasteiger partial charge < -0.3 is 9.64 Å². The number of amides is 1. The Bertz CT molecular complexity index is 647. The average Bonchev–Trinajstić information content (AvgIpc) is 2.97. The molecule has 1 aromatic carbocycles. The Labute approximate surface area is 123 Å². The zero-order chi connectivity index (χ0) is 14.8. The second-order valence-corrected chi connectivity index (χ2v) is 5.19. The van der Waals surface area contributed by atoms with Gasteiger partial charge in [-0.15, -0.1) is 0 Å². The highest BCUT2D eigenvalue weighted by molar-refractivity contribution is 5.83. The third kappa shape index (κ3) is 2.59. The van der Waals surface area contributed by atoms with Gasteiger partial charge in [-0.1, -0.05) is 12.1 Å². The van der Waals surface area contributed by atoms with E-state index in [1.54, 1.807) is 13.3 Å². The monoisotopic (exact) mass is 283 g/mol. The number of aromatic nitrogens is 2. The second-order valence-electron chi connectivity index (χ2n) is 5.19. The predicted octanol–water partition coefficient (Wildman–Crippen LogP) is 2.13. The number of hydrogen-bond donors (Lipinski definition) is 0. The highest BCUT2D eigenvalue weighted by atomic mass is 16.5. The van der Waals surface area contributed by atoms with Gasteiger partial charge in [0.25, 0.3) is 0 Å². The number of hydrogen-bond acceptors (Lipinski definition) is 4. The van der Waals surface area contributed by atoms with E-state index in [0.717, 1.165) is 22.6 Å². The first kappa shape index (κ1) is 13.5. The standard InChI is InChI=1S/C16H17N3O2/c1-11(12-4-3-5-14(6-12)21-2)16(20)19-8-13-7-17-10-18-15(13)9-19/h3-7,10-11H,8-9H2,1-2H3. The molecule has 3 rings (SSSR count). The summed E-state index contributed by atoms with van der Waals surface area (Å²) >= 11 is 0. The molecule has 5 heteroatoms. The molecule has 0 saturated heterocycles. The van der Waals surface area contributed by atoms with Crippen LogP contribution in [0.1, 0.15) is 29.7 Å². The van der Waals surface area contributed by atoms with Crippen LogP contribution in [0.25, 0.3) is 0 Å². The van der Waals surface area contributed by atoms with Crippen molar-refractivity contribution in [3.63, 3.8) is 0 Å². The molecule has 0 bridgehead atoms. The largest absolute Gasteiger partial charge is 0.497 e. The Morgan fingerprint density at radius 1 is 1.38 bits per heavy atom. The molecule has 1 aliphatic heterocycles. The second kappa shape index (κ2) is 5.52. The molecule has 0 fully saturated rings. The summed E-state index contributed by atoms with van der Waals surface area (Å²) in [6.07, 6.45) is 3.31. The first-order valence-electron chi connectivity index (χ1n) is 6.89.